The molecule has 1 rings (SSSR count). The molecule has 12 heavy (non-hydrogen) atoms. The van der Waals surface area contributed by atoms with Crippen LogP contribution in [0.2, 0.25) is 0 Å². The van der Waals surface area contributed by atoms with E-state index < -0.39 is 0 Å². The fourth-order valence-corrected chi connectivity index (χ4v) is 1.26. The van der Waals surface area contributed by atoms with Gasteiger partial charge in [0.05, 0.1) is 0 Å². The zero-order valence-electron chi connectivity index (χ0n) is 6.70. The lowest BCUT2D eigenvalue weighted by atomic mass is 10.5. The van der Waals surface area contributed by atoms with E-state index in [9.17, 15) is 4.79 Å². The molecule has 0 aliphatic carbocycles. The molecule has 0 fully saturated rings. The molecule has 1 aromatic heterocycles. The number of rotatable bonds is 3. The minimum absolute atomic E-state index is 0.256. The number of carbonyl (C=O) groups is 1. The highest BCUT2D eigenvalue weighted by Crippen LogP contribution is 2.10. The first-order valence-corrected chi connectivity index (χ1v) is 4.29. The van der Waals surface area contributed by atoms with E-state index in [-0.39, 0.29) is 5.91 Å². The number of anilines is 1. The molecule has 0 aliphatic heterocycles. The van der Waals surface area contributed by atoms with Gasteiger partial charge in [-0.2, -0.15) is 4.37 Å². The monoisotopic (exact) mass is 183 g/mol. The summed E-state index contributed by atoms with van der Waals surface area (Å²) in [7, 11) is 0. The molecule has 1 aromatic rings. The first-order chi connectivity index (χ1) is 5.76. The standard InChI is InChI=1S/C7H9N3OS/c1-3-5-8-7(12-10-5)9-6(11)4-2/h4H,2-3H2,1H3,(H,8,9,10,11). The molecule has 0 radical (unpaired) electrons. The Labute approximate surface area is 74.5 Å². The molecule has 0 spiro atoms. The molecule has 5 heteroatoms. The number of aromatic nitrogens is 2. The van der Waals surface area contributed by atoms with Gasteiger partial charge in [0.2, 0.25) is 11.0 Å². The predicted octanol–water partition coefficient (Wildman–Crippen LogP) is 1.23. The molecule has 0 aromatic carbocycles. The third kappa shape index (κ3) is 2.13. The van der Waals surface area contributed by atoms with Gasteiger partial charge in [-0.05, 0) is 6.08 Å². The van der Waals surface area contributed by atoms with Gasteiger partial charge in [-0.25, -0.2) is 4.98 Å². The van der Waals surface area contributed by atoms with E-state index in [2.05, 4.69) is 21.3 Å². The highest BCUT2D eigenvalue weighted by atomic mass is 32.1. The number of hydrogen-bond donors (Lipinski definition) is 1. The van der Waals surface area contributed by atoms with Crippen LogP contribution in [0.3, 0.4) is 0 Å². The van der Waals surface area contributed by atoms with Crippen molar-refractivity contribution in [3.8, 4) is 0 Å². The van der Waals surface area contributed by atoms with Crippen molar-refractivity contribution in [3.05, 3.63) is 18.5 Å². The quantitative estimate of drug-likeness (QED) is 0.717. The molecular formula is C7H9N3OS. The Morgan fingerprint density at radius 2 is 2.58 bits per heavy atom. The summed E-state index contributed by atoms with van der Waals surface area (Å²) < 4.78 is 4.00. The second-order valence-corrected chi connectivity index (χ2v) is 2.81. The lowest BCUT2D eigenvalue weighted by Gasteiger charge is -1.91. The van der Waals surface area contributed by atoms with Gasteiger partial charge in [0.15, 0.2) is 0 Å². The van der Waals surface area contributed by atoms with Crippen molar-refractivity contribution in [1.82, 2.24) is 9.36 Å². The Morgan fingerprint density at radius 1 is 1.83 bits per heavy atom. The van der Waals surface area contributed by atoms with Gasteiger partial charge in [0.25, 0.3) is 0 Å². The molecule has 4 nitrogen and oxygen atoms in total. The summed E-state index contributed by atoms with van der Waals surface area (Å²) in [4.78, 5) is 14.8. The number of amides is 1. The van der Waals surface area contributed by atoms with Crippen molar-refractivity contribution >= 4 is 22.6 Å². The third-order valence-electron chi connectivity index (χ3n) is 1.20. The molecule has 0 unspecified atom stereocenters. The number of carbonyl (C=O) groups excluding carboxylic acids is 1. The van der Waals surface area contributed by atoms with Crippen LogP contribution in [0, 0.1) is 0 Å². The fraction of sp³-hybridized carbons (Fsp3) is 0.286. The van der Waals surface area contributed by atoms with Gasteiger partial charge < -0.3 is 0 Å². The fourth-order valence-electron chi connectivity index (χ4n) is 0.605. The van der Waals surface area contributed by atoms with Crippen LogP contribution < -0.4 is 5.32 Å². The summed E-state index contributed by atoms with van der Waals surface area (Å²) in [6, 6.07) is 0. The first-order valence-electron chi connectivity index (χ1n) is 3.52. The summed E-state index contributed by atoms with van der Waals surface area (Å²) >= 11 is 1.18. The molecule has 1 heterocycles. The zero-order chi connectivity index (χ0) is 8.97. The third-order valence-corrected chi connectivity index (χ3v) is 1.87. The Kier molecular flexibility index (Phi) is 2.93. The number of aryl methyl sites for hydroxylation is 1. The van der Waals surface area contributed by atoms with Gasteiger partial charge in [-0.1, -0.05) is 13.5 Å². The molecule has 0 aliphatic rings. The Morgan fingerprint density at radius 3 is 3.08 bits per heavy atom. The number of nitrogens with zero attached hydrogens (tertiary/aromatic N) is 2. The maximum absolute atomic E-state index is 10.8. The Bertz CT molecular complexity index is 295. The van der Waals surface area contributed by atoms with E-state index >= 15 is 0 Å². The van der Waals surface area contributed by atoms with E-state index in [1.165, 1.54) is 17.6 Å². The Balaban J connectivity index is 2.63. The van der Waals surface area contributed by atoms with Crippen LogP contribution in [-0.4, -0.2) is 15.3 Å². The average molecular weight is 183 g/mol. The maximum Gasteiger partial charge on any atom is 0.249 e. The number of nitrogens with one attached hydrogen (secondary N) is 1. The van der Waals surface area contributed by atoms with Gasteiger partial charge in [-0.15, -0.1) is 0 Å². The summed E-state index contributed by atoms with van der Waals surface area (Å²) in [5.41, 5.74) is 0. The van der Waals surface area contributed by atoms with Crippen molar-refractivity contribution in [2.45, 2.75) is 13.3 Å². The van der Waals surface area contributed by atoms with Gasteiger partial charge in [0.1, 0.15) is 5.82 Å². The van der Waals surface area contributed by atoms with Crippen molar-refractivity contribution in [2.75, 3.05) is 5.32 Å². The van der Waals surface area contributed by atoms with Crippen LogP contribution in [-0.2, 0) is 11.2 Å². The summed E-state index contributed by atoms with van der Waals surface area (Å²) in [6.07, 6.45) is 1.98. The molecular weight excluding hydrogens is 174 g/mol. The van der Waals surface area contributed by atoms with Crippen LogP contribution in [0.25, 0.3) is 0 Å². The largest absolute Gasteiger partial charge is 0.297 e. The molecule has 1 N–H and O–H groups in total. The lowest BCUT2D eigenvalue weighted by Crippen LogP contribution is -2.06. The molecule has 0 saturated carbocycles. The highest BCUT2D eigenvalue weighted by molar-refractivity contribution is 7.09. The van der Waals surface area contributed by atoms with Crippen LogP contribution in [0.1, 0.15) is 12.7 Å². The molecule has 64 valence electrons. The van der Waals surface area contributed by atoms with E-state index in [0.29, 0.717) is 5.13 Å². The van der Waals surface area contributed by atoms with Gasteiger partial charge in [-0.3, -0.25) is 10.1 Å². The summed E-state index contributed by atoms with van der Waals surface area (Å²) in [5.74, 6) is 0.494. The molecule has 0 saturated heterocycles. The van der Waals surface area contributed by atoms with Crippen molar-refractivity contribution < 1.29 is 4.79 Å². The minimum atomic E-state index is -0.256. The van der Waals surface area contributed by atoms with Crippen molar-refractivity contribution in [2.24, 2.45) is 0 Å². The Hall–Kier alpha value is -1.23. The van der Waals surface area contributed by atoms with E-state index in [1.807, 2.05) is 6.92 Å². The normalized spacial score (nSPS) is 9.42. The second-order valence-electron chi connectivity index (χ2n) is 2.06. The highest BCUT2D eigenvalue weighted by Gasteiger charge is 2.02. The zero-order valence-corrected chi connectivity index (χ0v) is 7.52. The smallest absolute Gasteiger partial charge is 0.249 e. The van der Waals surface area contributed by atoms with Crippen molar-refractivity contribution in [3.63, 3.8) is 0 Å². The SMILES string of the molecule is C=CC(=O)Nc1nc(CC)ns1. The maximum atomic E-state index is 10.8. The number of hydrogen-bond acceptors (Lipinski definition) is 4. The minimum Gasteiger partial charge on any atom is -0.297 e. The lowest BCUT2D eigenvalue weighted by molar-refractivity contribution is -0.111. The predicted molar refractivity (Wildman–Crippen MR) is 48.1 cm³/mol. The van der Waals surface area contributed by atoms with E-state index in [0.717, 1.165) is 12.2 Å². The van der Waals surface area contributed by atoms with Crippen LogP contribution in [0.5, 0.6) is 0 Å². The molecule has 0 atom stereocenters. The second kappa shape index (κ2) is 3.96. The van der Waals surface area contributed by atoms with Gasteiger partial charge in [0, 0.05) is 18.0 Å². The van der Waals surface area contributed by atoms with Crippen LogP contribution in [0.15, 0.2) is 12.7 Å². The van der Waals surface area contributed by atoms with E-state index in [1.54, 1.807) is 0 Å². The van der Waals surface area contributed by atoms with Crippen molar-refractivity contribution in [1.29, 1.82) is 0 Å². The van der Waals surface area contributed by atoms with Gasteiger partial charge >= 0.3 is 0 Å². The van der Waals surface area contributed by atoms with Crippen LogP contribution >= 0.6 is 11.5 Å². The molecule has 0 bridgehead atoms. The topological polar surface area (TPSA) is 54.9 Å². The molecule has 1 amide bonds. The summed E-state index contributed by atoms with van der Waals surface area (Å²) in [6.45, 7) is 5.29. The average Bonchev–Trinajstić information content (AvgIpc) is 2.52. The first kappa shape index (κ1) is 8.86. The van der Waals surface area contributed by atoms with Crippen LogP contribution in [0.4, 0.5) is 5.13 Å². The summed E-state index contributed by atoms with van der Waals surface area (Å²) in [5, 5.41) is 3.06. The van der Waals surface area contributed by atoms with E-state index in [4.69, 9.17) is 0 Å².